The van der Waals surface area contributed by atoms with E-state index in [0.717, 1.165) is 27.4 Å². The third kappa shape index (κ3) is 6.15. The smallest absolute Gasteiger partial charge is 0.240 e. The highest BCUT2D eigenvalue weighted by molar-refractivity contribution is 7.92. The average molecular weight is 411 g/mol. The molecule has 0 unspecified atom stereocenters. The fraction of sp³-hybridized carbons (Fsp3) is 0.316. The van der Waals surface area contributed by atoms with Crippen LogP contribution in [0.3, 0.4) is 0 Å². The van der Waals surface area contributed by atoms with E-state index in [0.29, 0.717) is 10.7 Å². The molecule has 0 aliphatic rings. The van der Waals surface area contributed by atoms with Crippen molar-refractivity contribution >= 4 is 33.2 Å². The van der Waals surface area contributed by atoms with Gasteiger partial charge in [0.1, 0.15) is 18.9 Å². The lowest BCUT2D eigenvalue weighted by Gasteiger charge is -2.22. The van der Waals surface area contributed by atoms with Crippen molar-refractivity contribution in [3.05, 3.63) is 58.6 Å². The van der Waals surface area contributed by atoms with Crippen LogP contribution >= 0.6 is 11.6 Å². The summed E-state index contributed by atoms with van der Waals surface area (Å²) >= 11 is 5.92. The minimum Gasteiger partial charge on any atom is -0.491 e. The lowest BCUT2D eigenvalue weighted by atomic mass is 10.1. The lowest BCUT2D eigenvalue weighted by molar-refractivity contribution is -0.119. The predicted molar refractivity (Wildman–Crippen MR) is 108 cm³/mol. The van der Waals surface area contributed by atoms with E-state index in [-0.39, 0.29) is 19.7 Å². The maximum absolute atomic E-state index is 12.2. The minimum atomic E-state index is -3.63. The highest BCUT2D eigenvalue weighted by Gasteiger charge is 2.20. The van der Waals surface area contributed by atoms with Gasteiger partial charge in [0, 0.05) is 5.02 Å². The number of hydrogen-bond acceptors (Lipinski definition) is 4. The summed E-state index contributed by atoms with van der Waals surface area (Å²) in [5.74, 6) is 0.339. The second kappa shape index (κ2) is 9.10. The van der Waals surface area contributed by atoms with Crippen LogP contribution in [0.25, 0.3) is 0 Å². The number of ether oxygens (including phenoxy) is 1. The van der Waals surface area contributed by atoms with E-state index in [4.69, 9.17) is 16.3 Å². The van der Waals surface area contributed by atoms with Crippen LogP contribution in [0.1, 0.15) is 11.1 Å². The Morgan fingerprint density at radius 2 is 1.89 bits per heavy atom. The van der Waals surface area contributed by atoms with Crippen LogP contribution in [-0.4, -0.2) is 40.3 Å². The molecule has 1 N–H and O–H groups in total. The zero-order valence-electron chi connectivity index (χ0n) is 15.5. The number of nitrogens with zero attached hydrogens (tertiary/aromatic N) is 1. The van der Waals surface area contributed by atoms with Gasteiger partial charge >= 0.3 is 0 Å². The van der Waals surface area contributed by atoms with Crippen molar-refractivity contribution in [2.24, 2.45) is 0 Å². The summed E-state index contributed by atoms with van der Waals surface area (Å²) in [5, 5.41) is 3.06. The number of carbonyl (C=O) groups excluding carboxylic acids is 1. The van der Waals surface area contributed by atoms with Gasteiger partial charge in [0.15, 0.2) is 0 Å². The first-order valence-corrected chi connectivity index (χ1v) is 10.6. The standard InChI is InChI=1S/C19H23ClN2O4S/c1-14-6-4-9-18(15(14)2)26-11-10-21-19(23)13-22(27(3,24)25)17-8-5-7-16(20)12-17/h4-9,12H,10-11,13H2,1-3H3,(H,21,23). The van der Waals surface area contributed by atoms with E-state index in [2.05, 4.69) is 5.32 Å². The highest BCUT2D eigenvalue weighted by Crippen LogP contribution is 2.22. The van der Waals surface area contributed by atoms with Gasteiger partial charge in [0.25, 0.3) is 0 Å². The van der Waals surface area contributed by atoms with E-state index in [1.54, 1.807) is 18.2 Å². The van der Waals surface area contributed by atoms with Crippen molar-refractivity contribution in [2.45, 2.75) is 13.8 Å². The molecule has 0 aromatic heterocycles. The molecule has 2 rings (SSSR count). The van der Waals surface area contributed by atoms with E-state index in [9.17, 15) is 13.2 Å². The maximum atomic E-state index is 12.2. The Bertz CT molecular complexity index is 916. The molecule has 0 radical (unpaired) electrons. The van der Waals surface area contributed by atoms with Gasteiger partial charge in [-0.05, 0) is 49.2 Å². The number of sulfonamides is 1. The molecule has 0 saturated heterocycles. The molecule has 0 aliphatic carbocycles. The number of hydrogen-bond donors (Lipinski definition) is 1. The molecule has 0 heterocycles. The van der Waals surface area contributed by atoms with Gasteiger partial charge in [-0.25, -0.2) is 8.42 Å². The topological polar surface area (TPSA) is 75.7 Å². The van der Waals surface area contributed by atoms with E-state index >= 15 is 0 Å². The van der Waals surface area contributed by atoms with Crippen molar-refractivity contribution in [1.82, 2.24) is 5.32 Å². The highest BCUT2D eigenvalue weighted by atomic mass is 35.5. The number of anilines is 1. The third-order valence-electron chi connectivity index (χ3n) is 4.02. The SMILES string of the molecule is Cc1cccc(OCCNC(=O)CN(c2cccc(Cl)c2)S(C)(=O)=O)c1C. The van der Waals surface area contributed by atoms with E-state index < -0.39 is 15.9 Å². The molecule has 2 aromatic rings. The van der Waals surface area contributed by atoms with Crippen LogP contribution in [0, 0.1) is 13.8 Å². The molecule has 27 heavy (non-hydrogen) atoms. The number of nitrogens with one attached hydrogen (secondary N) is 1. The number of benzene rings is 2. The fourth-order valence-electron chi connectivity index (χ4n) is 2.45. The molecule has 1 amide bonds. The second-order valence-electron chi connectivity index (χ2n) is 6.15. The Labute approximate surface area is 165 Å². The van der Waals surface area contributed by atoms with E-state index in [1.165, 1.54) is 6.07 Å². The molecule has 146 valence electrons. The summed E-state index contributed by atoms with van der Waals surface area (Å²) in [6.07, 6.45) is 1.05. The average Bonchev–Trinajstić information content (AvgIpc) is 2.59. The van der Waals surface area contributed by atoms with Gasteiger partial charge in [-0.15, -0.1) is 0 Å². The first-order chi connectivity index (χ1) is 12.7. The first-order valence-electron chi connectivity index (χ1n) is 8.37. The first kappa shape index (κ1) is 21.1. The number of halogens is 1. The Hall–Kier alpha value is -2.25. The molecule has 0 fully saturated rings. The quantitative estimate of drug-likeness (QED) is 0.679. The van der Waals surface area contributed by atoms with Crippen molar-refractivity contribution in [2.75, 3.05) is 30.3 Å². The molecular formula is C19H23ClN2O4S. The summed E-state index contributed by atoms with van der Waals surface area (Å²) < 4.78 is 30.8. The number of rotatable bonds is 8. The minimum absolute atomic E-state index is 0.263. The Morgan fingerprint density at radius 3 is 2.56 bits per heavy atom. The van der Waals surface area contributed by atoms with E-state index in [1.807, 2.05) is 32.0 Å². The van der Waals surface area contributed by atoms with Gasteiger partial charge in [0.2, 0.25) is 15.9 Å². The molecule has 0 bridgehead atoms. The molecular weight excluding hydrogens is 388 g/mol. The molecule has 2 aromatic carbocycles. The largest absolute Gasteiger partial charge is 0.491 e. The number of aryl methyl sites for hydroxylation is 1. The van der Waals surface area contributed by atoms with Gasteiger partial charge in [-0.1, -0.05) is 29.8 Å². The maximum Gasteiger partial charge on any atom is 0.240 e. The molecule has 0 saturated carbocycles. The van der Waals surface area contributed by atoms with Crippen molar-refractivity contribution in [1.29, 1.82) is 0 Å². The van der Waals surface area contributed by atoms with Crippen LogP contribution in [0.2, 0.25) is 5.02 Å². The van der Waals surface area contributed by atoms with Gasteiger partial charge in [-0.2, -0.15) is 0 Å². The second-order valence-corrected chi connectivity index (χ2v) is 8.49. The monoisotopic (exact) mass is 410 g/mol. The summed E-state index contributed by atoms with van der Waals surface area (Å²) in [6.45, 7) is 4.19. The summed E-state index contributed by atoms with van der Waals surface area (Å²) in [4.78, 5) is 12.2. The Kier molecular flexibility index (Phi) is 7.10. The summed E-state index contributed by atoms with van der Waals surface area (Å²) in [7, 11) is -3.63. The number of amides is 1. The third-order valence-corrected chi connectivity index (χ3v) is 5.40. The molecule has 0 aliphatic heterocycles. The van der Waals surface area contributed by atoms with Gasteiger partial charge in [-0.3, -0.25) is 9.10 Å². The van der Waals surface area contributed by atoms with Crippen LogP contribution in [-0.2, 0) is 14.8 Å². The zero-order chi connectivity index (χ0) is 20.0. The number of carbonyl (C=O) groups is 1. The summed E-state index contributed by atoms with van der Waals surface area (Å²) in [5.41, 5.74) is 2.52. The Morgan fingerprint density at radius 1 is 1.19 bits per heavy atom. The summed E-state index contributed by atoms with van der Waals surface area (Å²) in [6, 6.07) is 12.1. The molecule has 0 spiro atoms. The van der Waals surface area contributed by atoms with Crippen molar-refractivity contribution < 1.29 is 17.9 Å². The van der Waals surface area contributed by atoms with Crippen molar-refractivity contribution in [3.63, 3.8) is 0 Å². The fourth-order valence-corrected chi connectivity index (χ4v) is 3.48. The van der Waals surface area contributed by atoms with Crippen LogP contribution in [0.15, 0.2) is 42.5 Å². The molecule has 8 heteroatoms. The van der Waals surface area contributed by atoms with Crippen LogP contribution in [0.4, 0.5) is 5.69 Å². The lowest BCUT2D eigenvalue weighted by Crippen LogP contribution is -2.41. The van der Waals surface area contributed by atoms with Gasteiger partial charge < -0.3 is 10.1 Å². The molecule has 0 atom stereocenters. The van der Waals surface area contributed by atoms with Crippen LogP contribution in [0.5, 0.6) is 5.75 Å². The van der Waals surface area contributed by atoms with Crippen molar-refractivity contribution in [3.8, 4) is 5.75 Å². The predicted octanol–water partition coefficient (Wildman–Crippen LogP) is 2.92. The Balaban J connectivity index is 1.92. The van der Waals surface area contributed by atoms with Crippen LogP contribution < -0.4 is 14.4 Å². The zero-order valence-corrected chi connectivity index (χ0v) is 17.1. The molecule has 6 nitrogen and oxygen atoms in total. The van der Waals surface area contributed by atoms with Gasteiger partial charge in [0.05, 0.1) is 18.5 Å². The normalized spacial score (nSPS) is 11.1.